The predicted molar refractivity (Wildman–Crippen MR) is 98.5 cm³/mol. The molecule has 0 fully saturated rings. The van der Waals surface area contributed by atoms with Crippen LogP contribution in [0.3, 0.4) is 0 Å². The van der Waals surface area contributed by atoms with Gasteiger partial charge in [-0.15, -0.1) is 0 Å². The minimum Gasteiger partial charge on any atom is -0.481 e. The van der Waals surface area contributed by atoms with E-state index in [1.165, 1.54) is 14.7 Å². The Bertz CT molecular complexity index is 748. The van der Waals surface area contributed by atoms with Gasteiger partial charge in [0.2, 0.25) is 5.91 Å². The summed E-state index contributed by atoms with van der Waals surface area (Å²) in [6.07, 6.45) is 0.303. The van der Waals surface area contributed by atoms with E-state index in [0.717, 1.165) is 11.4 Å². The Labute approximate surface area is 151 Å². The van der Waals surface area contributed by atoms with Crippen LogP contribution in [0.15, 0.2) is 58.3 Å². The summed E-state index contributed by atoms with van der Waals surface area (Å²) in [6.45, 7) is 0.794. The summed E-state index contributed by atoms with van der Waals surface area (Å²) in [4.78, 5) is 29.0. The number of carboxylic acid groups (broad SMARTS) is 1. The van der Waals surface area contributed by atoms with Gasteiger partial charge in [-0.1, -0.05) is 36.0 Å². The van der Waals surface area contributed by atoms with E-state index >= 15 is 0 Å². The third kappa shape index (κ3) is 3.96. The average molecular weight is 356 g/mol. The van der Waals surface area contributed by atoms with Crippen molar-refractivity contribution in [2.75, 3.05) is 25.0 Å². The largest absolute Gasteiger partial charge is 0.481 e. The number of benzene rings is 2. The van der Waals surface area contributed by atoms with Crippen molar-refractivity contribution in [2.24, 2.45) is 0 Å². The maximum Gasteiger partial charge on any atom is 0.305 e. The molecule has 1 amide bonds. The zero-order valence-corrected chi connectivity index (χ0v) is 14.8. The number of carboxylic acids is 1. The zero-order chi connectivity index (χ0) is 17.8. The van der Waals surface area contributed by atoms with Crippen molar-refractivity contribution in [3.63, 3.8) is 0 Å². The van der Waals surface area contributed by atoms with Crippen LogP contribution >= 0.6 is 11.8 Å². The molecule has 1 aliphatic rings. The van der Waals surface area contributed by atoms with E-state index in [9.17, 15) is 9.59 Å². The number of carbonyl (C=O) groups excluding carboxylic acids is 1. The van der Waals surface area contributed by atoms with Gasteiger partial charge in [0.25, 0.3) is 0 Å². The van der Waals surface area contributed by atoms with E-state index in [0.29, 0.717) is 13.0 Å². The Morgan fingerprint density at radius 1 is 1.00 bits per heavy atom. The number of rotatable bonds is 6. The molecule has 0 aromatic heterocycles. The molecule has 0 saturated heterocycles. The summed E-state index contributed by atoms with van der Waals surface area (Å²) in [7, 11) is 1.65. The van der Waals surface area contributed by atoms with Crippen molar-refractivity contribution < 1.29 is 14.7 Å². The fraction of sp³-hybridized carbons (Fsp3) is 0.263. The lowest BCUT2D eigenvalue weighted by molar-refractivity contribution is -0.138. The summed E-state index contributed by atoms with van der Waals surface area (Å²) in [6, 6.07) is 16.3. The van der Waals surface area contributed by atoms with Crippen LogP contribution in [0.25, 0.3) is 0 Å². The monoisotopic (exact) mass is 356 g/mol. The number of aliphatic carboxylic acids is 1. The van der Waals surface area contributed by atoms with Gasteiger partial charge in [-0.25, -0.2) is 0 Å². The molecule has 0 aliphatic carbocycles. The van der Waals surface area contributed by atoms with E-state index < -0.39 is 5.97 Å². The van der Waals surface area contributed by atoms with E-state index in [2.05, 4.69) is 29.2 Å². The van der Waals surface area contributed by atoms with Gasteiger partial charge in [0.15, 0.2) is 0 Å². The molecular formula is C19H20N2O3S. The number of para-hydroxylation sites is 2. The van der Waals surface area contributed by atoms with Crippen molar-refractivity contribution >= 4 is 35.0 Å². The Hall–Kier alpha value is -2.47. The number of hydrogen-bond acceptors (Lipinski definition) is 4. The highest BCUT2D eigenvalue weighted by molar-refractivity contribution is 7.99. The molecule has 5 nitrogen and oxygen atoms in total. The number of fused-ring (bicyclic) bond motifs is 2. The van der Waals surface area contributed by atoms with E-state index in [1.807, 2.05) is 24.3 Å². The molecule has 0 radical (unpaired) electrons. The van der Waals surface area contributed by atoms with Crippen molar-refractivity contribution in [3.05, 3.63) is 48.5 Å². The van der Waals surface area contributed by atoms with Crippen LogP contribution in [0.1, 0.15) is 12.8 Å². The second-order valence-corrected chi connectivity index (χ2v) is 6.98. The second-order valence-electron chi connectivity index (χ2n) is 5.90. The van der Waals surface area contributed by atoms with Crippen LogP contribution < -0.4 is 4.90 Å². The Morgan fingerprint density at radius 2 is 1.56 bits per heavy atom. The number of carbonyl (C=O) groups is 2. The third-order valence-corrected chi connectivity index (χ3v) is 5.30. The standard InChI is InChI=1S/C19H20N2O3S/c1-20(12-11-19(23)24)18(22)10-13-21-14-6-2-4-8-16(14)25-17-9-5-3-7-15(17)21/h2-9H,10-13H2,1H3,(H,23,24). The highest BCUT2D eigenvalue weighted by atomic mass is 32.2. The lowest BCUT2D eigenvalue weighted by atomic mass is 10.2. The minimum atomic E-state index is -0.893. The number of amides is 1. The van der Waals surface area contributed by atoms with Gasteiger partial charge in [0.05, 0.1) is 17.8 Å². The lowest BCUT2D eigenvalue weighted by Crippen LogP contribution is -2.32. The van der Waals surface area contributed by atoms with Gasteiger partial charge >= 0.3 is 5.97 Å². The molecule has 0 saturated carbocycles. The number of anilines is 2. The van der Waals surface area contributed by atoms with Gasteiger partial charge in [-0.2, -0.15) is 0 Å². The first kappa shape index (κ1) is 17.4. The first-order chi connectivity index (χ1) is 12.1. The fourth-order valence-corrected chi connectivity index (χ4v) is 3.90. The van der Waals surface area contributed by atoms with Gasteiger partial charge in [-0.3, -0.25) is 9.59 Å². The summed E-state index contributed by atoms with van der Waals surface area (Å²) in [5.41, 5.74) is 2.21. The maximum atomic E-state index is 12.3. The molecular weight excluding hydrogens is 336 g/mol. The maximum absolute atomic E-state index is 12.3. The Morgan fingerprint density at radius 3 is 2.12 bits per heavy atom. The predicted octanol–water partition coefficient (Wildman–Crippen LogP) is 3.61. The SMILES string of the molecule is CN(CCC(=O)O)C(=O)CCN1c2ccccc2Sc2ccccc21. The Balaban J connectivity index is 1.74. The van der Waals surface area contributed by atoms with Crippen molar-refractivity contribution in [3.8, 4) is 0 Å². The molecule has 25 heavy (non-hydrogen) atoms. The van der Waals surface area contributed by atoms with Crippen LogP contribution in [0, 0.1) is 0 Å². The molecule has 1 N–H and O–H groups in total. The summed E-state index contributed by atoms with van der Waals surface area (Å²) >= 11 is 1.74. The molecule has 1 aliphatic heterocycles. The topological polar surface area (TPSA) is 60.9 Å². The van der Waals surface area contributed by atoms with Crippen LogP contribution in [0.5, 0.6) is 0 Å². The van der Waals surface area contributed by atoms with Crippen molar-refractivity contribution in [2.45, 2.75) is 22.6 Å². The molecule has 6 heteroatoms. The molecule has 3 rings (SSSR count). The molecule has 0 atom stereocenters. The number of nitrogens with zero attached hydrogens (tertiary/aromatic N) is 2. The van der Waals surface area contributed by atoms with E-state index in [-0.39, 0.29) is 18.9 Å². The molecule has 2 aromatic rings. The summed E-state index contributed by atoms with van der Waals surface area (Å²) in [5, 5.41) is 8.75. The van der Waals surface area contributed by atoms with Crippen LogP contribution in [0.4, 0.5) is 11.4 Å². The highest BCUT2D eigenvalue weighted by Crippen LogP contribution is 2.47. The smallest absolute Gasteiger partial charge is 0.305 e. The molecule has 0 unspecified atom stereocenters. The van der Waals surface area contributed by atoms with Crippen LogP contribution in [-0.2, 0) is 9.59 Å². The quantitative estimate of drug-likeness (QED) is 0.857. The summed E-state index contributed by atoms with van der Waals surface area (Å²) in [5.74, 6) is -0.940. The third-order valence-electron chi connectivity index (χ3n) is 4.17. The first-order valence-electron chi connectivity index (χ1n) is 8.15. The first-order valence-corrected chi connectivity index (χ1v) is 8.97. The van der Waals surface area contributed by atoms with E-state index in [4.69, 9.17) is 5.11 Å². The highest BCUT2D eigenvalue weighted by Gasteiger charge is 2.23. The van der Waals surface area contributed by atoms with Crippen molar-refractivity contribution in [1.82, 2.24) is 4.90 Å². The van der Waals surface area contributed by atoms with Crippen molar-refractivity contribution in [1.29, 1.82) is 0 Å². The molecule has 0 bridgehead atoms. The van der Waals surface area contributed by atoms with Gasteiger partial charge < -0.3 is 14.9 Å². The molecule has 2 aromatic carbocycles. The Kier molecular flexibility index (Phi) is 5.28. The van der Waals surface area contributed by atoms with Gasteiger partial charge in [-0.05, 0) is 24.3 Å². The molecule has 0 spiro atoms. The molecule has 130 valence electrons. The fourth-order valence-electron chi connectivity index (χ4n) is 2.81. The lowest BCUT2D eigenvalue weighted by Gasteiger charge is -2.33. The van der Waals surface area contributed by atoms with Crippen LogP contribution in [-0.4, -0.2) is 42.0 Å². The average Bonchev–Trinajstić information content (AvgIpc) is 2.62. The number of hydrogen-bond donors (Lipinski definition) is 1. The van der Waals surface area contributed by atoms with Crippen LogP contribution in [0.2, 0.25) is 0 Å². The zero-order valence-electron chi connectivity index (χ0n) is 14.0. The van der Waals surface area contributed by atoms with Gasteiger partial charge in [0, 0.05) is 36.3 Å². The second kappa shape index (κ2) is 7.61. The molecule has 1 heterocycles. The minimum absolute atomic E-state index is 0.0335. The van der Waals surface area contributed by atoms with E-state index in [1.54, 1.807) is 18.8 Å². The summed E-state index contributed by atoms with van der Waals surface area (Å²) < 4.78 is 0. The normalized spacial score (nSPS) is 12.3. The van der Waals surface area contributed by atoms with Gasteiger partial charge in [0.1, 0.15) is 0 Å².